The van der Waals surface area contributed by atoms with Crippen molar-refractivity contribution in [3.05, 3.63) is 0 Å². The number of rotatable bonds is 8. The quantitative estimate of drug-likeness (QED) is 0.344. The van der Waals surface area contributed by atoms with Crippen molar-refractivity contribution in [3.63, 3.8) is 0 Å². The van der Waals surface area contributed by atoms with Crippen molar-refractivity contribution in [3.8, 4) is 0 Å². The zero-order valence-electron chi connectivity index (χ0n) is 12.4. The van der Waals surface area contributed by atoms with E-state index in [1.54, 1.807) is 4.90 Å². The Hall–Kier alpha value is 0.800. The Balaban J connectivity index is 2.94. The summed E-state index contributed by atoms with van der Waals surface area (Å²) >= 11 is 3.91. The molecule has 1 aliphatic rings. The van der Waals surface area contributed by atoms with Gasteiger partial charge in [-0.25, -0.2) is 0 Å². The molecule has 7 heteroatoms. The normalized spacial score (nSPS) is 18.9. The molecule has 0 aliphatic heterocycles. The van der Waals surface area contributed by atoms with E-state index < -0.39 is 17.1 Å². The fourth-order valence-electron chi connectivity index (χ4n) is 2.68. The van der Waals surface area contributed by atoms with Crippen molar-refractivity contribution in [2.24, 2.45) is 11.8 Å². The Bertz CT molecular complexity index is 304. The van der Waals surface area contributed by atoms with E-state index in [0.717, 1.165) is 39.9 Å². The van der Waals surface area contributed by atoms with E-state index in [2.05, 4.69) is 25.5 Å². The van der Waals surface area contributed by atoms with E-state index >= 15 is 0 Å². The molecule has 0 bridgehead atoms. The predicted molar refractivity (Wildman–Crippen MR) is 87.0 cm³/mol. The summed E-state index contributed by atoms with van der Waals surface area (Å²) in [6, 6.07) is 0. The molecule has 0 spiro atoms. The van der Waals surface area contributed by atoms with Gasteiger partial charge in [-0.15, -0.1) is 0 Å². The summed E-state index contributed by atoms with van der Waals surface area (Å²) in [5, 5.41) is -1.49. The number of alkyl halides is 3. The van der Waals surface area contributed by atoms with E-state index in [4.69, 9.17) is 0 Å². The second-order valence-corrected chi connectivity index (χ2v) is 9.73. The van der Waals surface area contributed by atoms with Gasteiger partial charge in [-0.1, -0.05) is 36.3 Å². The van der Waals surface area contributed by atoms with Gasteiger partial charge >= 0.3 is 6.18 Å². The number of thiol groups is 1. The molecule has 1 fully saturated rings. The lowest BCUT2D eigenvalue weighted by atomic mass is 9.90. The van der Waals surface area contributed by atoms with Crippen LogP contribution in [0.3, 0.4) is 0 Å². The number of halogens is 3. The van der Waals surface area contributed by atoms with Crippen molar-refractivity contribution in [1.82, 2.24) is 4.90 Å². The maximum Gasteiger partial charge on any atom is 0.414 e. The van der Waals surface area contributed by atoms with Gasteiger partial charge in [0.2, 0.25) is 0 Å². The Labute approximate surface area is 133 Å². The molecule has 0 amide bonds. The van der Waals surface area contributed by atoms with Crippen LogP contribution in [0.1, 0.15) is 47.0 Å². The van der Waals surface area contributed by atoms with Gasteiger partial charge in [0.05, 0.1) is 0 Å². The standard InChI is InChI=1S/C13H24F3NS3/c1-9(2)7-12(3,4)17(8-10-5-6-10)11(19-20-18)13(14,15)16/h9-11,18H,5-8H2,1-4H3/t11-/m1/s1. The fourth-order valence-corrected chi connectivity index (χ4v) is 4.96. The van der Waals surface area contributed by atoms with Crippen molar-refractivity contribution in [2.45, 2.75) is 64.0 Å². The molecule has 0 aromatic rings. The van der Waals surface area contributed by atoms with Crippen LogP contribution in [0.15, 0.2) is 0 Å². The minimum Gasteiger partial charge on any atom is -0.278 e. The molecule has 0 N–H and O–H groups in total. The number of nitrogens with zero attached hydrogens (tertiary/aromatic N) is 1. The molecule has 20 heavy (non-hydrogen) atoms. The number of hydrogen-bond acceptors (Lipinski definition) is 4. The van der Waals surface area contributed by atoms with Crippen LogP contribution >= 0.6 is 32.3 Å². The summed E-state index contributed by atoms with van der Waals surface area (Å²) in [6.45, 7) is 8.50. The summed E-state index contributed by atoms with van der Waals surface area (Å²) in [6.07, 6.45) is -1.37. The molecular formula is C13H24F3NS3. The van der Waals surface area contributed by atoms with Crippen LogP contribution in [0, 0.1) is 11.8 Å². The van der Waals surface area contributed by atoms with Crippen molar-refractivity contribution >= 4 is 32.3 Å². The van der Waals surface area contributed by atoms with Crippen LogP contribution in [0.25, 0.3) is 0 Å². The third-order valence-corrected chi connectivity index (χ3v) is 5.90. The first-order chi connectivity index (χ1) is 9.08. The molecular weight excluding hydrogens is 323 g/mol. The van der Waals surface area contributed by atoms with E-state index in [9.17, 15) is 13.2 Å². The second-order valence-electron chi connectivity index (χ2n) is 6.57. The van der Waals surface area contributed by atoms with Crippen LogP contribution in [0.5, 0.6) is 0 Å². The minimum absolute atomic E-state index is 0.370. The highest BCUT2D eigenvalue weighted by Gasteiger charge is 2.49. The molecule has 0 radical (unpaired) electrons. The van der Waals surface area contributed by atoms with E-state index in [1.807, 2.05) is 13.8 Å². The molecule has 0 unspecified atom stereocenters. The molecule has 1 aliphatic carbocycles. The SMILES string of the molecule is CC(C)CC(C)(C)N(CC1CC1)[C@H](SSS)C(F)(F)F. The Kier molecular flexibility index (Phi) is 6.95. The summed E-state index contributed by atoms with van der Waals surface area (Å²) in [5.41, 5.74) is -0.465. The average molecular weight is 348 g/mol. The Morgan fingerprint density at radius 3 is 2.15 bits per heavy atom. The molecule has 1 saturated carbocycles. The maximum absolute atomic E-state index is 13.4. The zero-order valence-corrected chi connectivity index (χ0v) is 14.9. The van der Waals surface area contributed by atoms with Crippen LogP contribution < -0.4 is 0 Å². The van der Waals surface area contributed by atoms with Crippen molar-refractivity contribution in [1.29, 1.82) is 0 Å². The lowest BCUT2D eigenvalue weighted by Crippen LogP contribution is -2.55. The molecule has 0 heterocycles. The highest BCUT2D eigenvalue weighted by atomic mass is 33.5. The minimum atomic E-state index is -4.23. The first-order valence-corrected chi connectivity index (χ1v) is 10.1. The van der Waals surface area contributed by atoms with Crippen LogP contribution in [0.4, 0.5) is 13.2 Å². The van der Waals surface area contributed by atoms with Gasteiger partial charge in [0, 0.05) is 12.1 Å². The fraction of sp³-hybridized carbons (Fsp3) is 1.00. The Morgan fingerprint density at radius 2 is 1.80 bits per heavy atom. The van der Waals surface area contributed by atoms with Gasteiger partial charge in [-0.2, -0.15) is 13.2 Å². The highest BCUT2D eigenvalue weighted by Crippen LogP contribution is 2.46. The molecule has 1 rings (SSSR count). The highest BCUT2D eigenvalue weighted by molar-refractivity contribution is 9.05. The zero-order chi connectivity index (χ0) is 15.6. The van der Waals surface area contributed by atoms with E-state index in [0.29, 0.717) is 18.4 Å². The first-order valence-electron chi connectivity index (χ1n) is 6.88. The molecule has 0 aromatic carbocycles. The van der Waals surface area contributed by atoms with Gasteiger partial charge in [0.25, 0.3) is 0 Å². The lowest BCUT2D eigenvalue weighted by molar-refractivity contribution is -0.171. The lowest BCUT2D eigenvalue weighted by Gasteiger charge is -2.44. The van der Waals surface area contributed by atoms with Crippen molar-refractivity contribution < 1.29 is 13.2 Å². The summed E-state index contributed by atoms with van der Waals surface area (Å²) < 4.78 is 40.2. The van der Waals surface area contributed by atoms with Gasteiger partial charge < -0.3 is 0 Å². The molecule has 1 atom stereocenters. The van der Waals surface area contributed by atoms with Crippen molar-refractivity contribution in [2.75, 3.05) is 6.54 Å². The van der Waals surface area contributed by atoms with Crippen LogP contribution in [0.2, 0.25) is 0 Å². The Morgan fingerprint density at radius 1 is 1.25 bits per heavy atom. The van der Waals surface area contributed by atoms with Crippen LogP contribution in [-0.4, -0.2) is 28.5 Å². The molecule has 0 aromatic heterocycles. The predicted octanol–water partition coefficient (Wildman–Crippen LogP) is 5.64. The largest absolute Gasteiger partial charge is 0.414 e. The topological polar surface area (TPSA) is 3.24 Å². The monoisotopic (exact) mass is 347 g/mol. The third-order valence-electron chi connectivity index (χ3n) is 3.53. The third kappa shape index (κ3) is 5.89. The summed E-state index contributed by atoms with van der Waals surface area (Å²) in [5.74, 6) is 0.797. The van der Waals surface area contributed by atoms with E-state index in [-0.39, 0.29) is 0 Å². The first kappa shape index (κ1) is 18.8. The van der Waals surface area contributed by atoms with Gasteiger partial charge in [-0.05, 0) is 54.8 Å². The van der Waals surface area contributed by atoms with Gasteiger partial charge in [0.15, 0.2) is 5.37 Å². The maximum atomic E-state index is 13.4. The number of hydrogen-bond donors (Lipinski definition) is 1. The summed E-state index contributed by atoms with van der Waals surface area (Å²) in [4.78, 5) is 1.65. The van der Waals surface area contributed by atoms with Gasteiger partial charge in [0.1, 0.15) is 0 Å². The molecule has 1 nitrogen and oxygen atoms in total. The van der Waals surface area contributed by atoms with E-state index in [1.165, 1.54) is 0 Å². The molecule has 0 saturated heterocycles. The van der Waals surface area contributed by atoms with Crippen LogP contribution in [-0.2, 0) is 0 Å². The van der Waals surface area contributed by atoms with Gasteiger partial charge in [-0.3, -0.25) is 4.90 Å². The second kappa shape index (κ2) is 7.38. The summed E-state index contributed by atoms with van der Waals surface area (Å²) in [7, 11) is 1.69. The average Bonchev–Trinajstić information content (AvgIpc) is 3.03. The smallest absolute Gasteiger partial charge is 0.278 e. The molecule has 120 valence electrons.